The molecule has 9 heteroatoms. The molecule has 2 amide bonds. The standard InChI is InChI=1S/C21H18N6O3/c1-27-13-23-25-20(27)15-8-5-9-16(10-15)24-19(28)12-22-21(29)17-11-18(30-26-17)14-6-3-2-4-7-14/h2-11,13H,12H2,1H3,(H,22,29)(H,24,28). The molecule has 0 aliphatic carbocycles. The molecule has 4 aromatic rings. The lowest BCUT2D eigenvalue weighted by Gasteiger charge is -2.08. The Hall–Kier alpha value is -4.27. The van der Waals surface area contributed by atoms with Crippen LogP contribution in [-0.2, 0) is 11.8 Å². The zero-order valence-electron chi connectivity index (χ0n) is 16.1. The van der Waals surface area contributed by atoms with Crippen LogP contribution in [0.4, 0.5) is 5.69 Å². The van der Waals surface area contributed by atoms with E-state index in [0.29, 0.717) is 17.3 Å². The molecule has 2 heterocycles. The van der Waals surface area contributed by atoms with Gasteiger partial charge in [0.15, 0.2) is 17.3 Å². The molecule has 0 saturated heterocycles. The number of hydrogen-bond acceptors (Lipinski definition) is 6. The maximum atomic E-state index is 12.3. The van der Waals surface area contributed by atoms with Crippen LogP contribution in [0, 0.1) is 0 Å². The average Bonchev–Trinajstić information content (AvgIpc) is 3.42. The highest BCUT2D eigenvalue weighted by molar-refractivity contribution is 5.98. The number of nitrogens with one attached hydrogen (secondary N) is 2. The van der Waals surface area contributed by atoms with Gasteiger partial charge in [0.05, 0.1) is 6.54 Å². The maximum absolute atomic E-state index is 12.3. The minimum Gasteiger partial charge on any atom is -0.355 e. The minimum atomic E-state index is -0.496. The van der Waals surface area contributed by atoms with E-state index in [9.17, 15) is 9.59 Å². The van der Waals surface area contributed by atoms with Gasteiger partial charge in [-0.15, -0.1) is 10.2 Å². The molecule has 0 atom stereocenters. The van der Waals surface area contributed by atoms with Crippen LogP contribution in [0.1, 0.15) is 10.5 Å². The Morgan fingerprint density at radius 1 is 1.03 bits per heavy atom. The Morgan fingerprint density at radius 3 is 2.60 bits per heavy atom. The van der Waals surface area contributed by atoms with Crippen LogP contribution in [0.25, 0.3) is 22.7 Å². The quantitative estimate of drug-likeness (QED) is 0.512. The fourth-order valence-electron chi connectivity index (χ4n) is 2.86. The van der Waals surface area contributed by atoms with Crippen molar-refractivity contribution in [2.75, 3.05) is 11.9 Å². The van der Waals surface area contributed by atoms with Gasteiger partial charge in [0.2, 0.25) is 5.91 Å². The predicted molar refractivity (Wildman–Crippen MR) is 109 cm³/mol. The second-order valence-electron chi connectivity index (χ2n) is 6.52. The summed E-state index contributed by atoms with van der Waals surface area (Å²) in [5, 5.41) is 17.0. The molecule has 2 aromatic heterocycles. The Kier molecular flexibility index (Phi) is 5.33. The fraction of sp³-hybridized carbons (Fsp3) is 0.0952. The average molecular weight is 402 g/mol. The topological polar surface area (TPSA) is 115 Å². The first-order chi connectivity index (χ1) is 14.6. The number of aryl methyl sites for hydroxylation is 1. The summed E-state index contributed by atoms with van der Waals surface area (Å²) in [6.07, 6.45) is 1.60. The van der Waals surface area contributed by atoms with Gasteiger partial charge in [0, 0.05) is 29.9 Å². The van der Waals surface area contributed by atoms with Crippen LogP contribution in [0.5, 0.6) is 0 Å². The summed E-state index contributed by atoms with van der Waals surface area (Å²) in [7, 11) is 1.84. The number of aromatic nitrogens is 4. The summed E-state index contributed by atoms with van der Waals surface area (Å²) >= 11 is 0. The van der Waals surface area contributed by atoms with Gasteiger partial charge in [-0.3, -0.25) is 9.59 Å². The van der Waals surface area contributed by atoms with E-state index in [-0.39, 0.29) is 18.1 Å². The van der Waals surface area contributed by atoms with Crippen LogP contribution in [0.3, 0.4) is 0 Å². The first kappa shape index (κ1) is 19.1. The van der Waals surface area contributed by atoms with Gasteiger partial charge in [-0.05, 0) is 12.1 Å². The van der Waals surface area contributed by atoms with E-state index in [1.54, 1.807) is 29.1 Å². The number of amides is 2. The monoisotopic (exact) mass is 402 g/mol. The largest absolute Gasteiger partial charge is 0.355 e. The number of carbonyl (C=O) groups is 2. The van der Waals surface area contributed by atoms with Crippen LogP contribution in [0.2, 0.25) is 0 Å². The SMILES string of the molecule is Cn1cnnc1-c1cccc(NC(=O)CNC(=O)c2cc(-c3ccccc3)on2)c1. The Bertz CT molecular complexity index is 1180. The Labute approximate surface area is 171 Å². The van der Waals surface area contributed by atoms with Crippen LogP contribution in [0.15, 0.2) is 71.5 Å². The molecule has 0 aliphatic heterocycles. The number of anilines is 1. The predicted octanol–water partition coefficient (Wildman–Crippen LogP) is 2.51. The summed E-state index contributed by atoms with van der Waals surface area (Å²) in [5.74, 6) is 0.291. The third-order valence-electron chi connectivity index (χ3n) is 4.33. The van der Waals surface area contributed by atoms with Crippen molar-refractivity contribution >= 4 is 17.5 Å². The van der Waals surface area contributed by atoms with E-state index < -0.39 is 5.91 Å². The minimum absolute atomic E-state index is 0.103. The van der Waals surface area contributed by atoms with Crippen LogP contribution < -0.4 is 10.6 Å². The molecule has 9 nitrogen and oxygen atoms in total. The number of carbonyl (C=O) groups excluding carboxylic acids is 2. The third kappa shape index (κ3) is 4.25. The molecule has 2 aromatic carbocycles. The molecular formula is C21H18N6O3. The molecule has 0 aliphatic rings. The van der Waals surface area contributed by atoms with Crippen molar-refractivity contribution in [2.24, 2.45) is 7.05 Å². The summed E-state index contributed by atoms with van der Waals surface area (Å²) < 4.78 is 6.99. The highest BCUT2D eigenvalue weighted by atomic mass is 16.5. The highest BCUT2D eigenvalue weighted by Crippen LogP contribution is 2.21. The first-order valence-corrected chi connectivity index (χ1v) is 9.15. The molecule has 0 fully saturated rings. The number of hydrogen-bond donors (Lipinski definition) is 2. The molecule has 150 valence electrons. The van der Waals surface area contributed by atoms with E-state index in [4.69, 9.17) is 4.52 Å². The summed E-state index contributed by atoms with van der Waals surface area (Å²) in [5.41, 5.74) is 2.31. The molecule has 0 saturated carbocycles. The zero-order valence-corrected chi connectivity index (χ0v) is 16.1. The van der Waals surface area contributed by atoms with Gasteiger partial charge in [0.1, 0.15) is 6.33 Å². The van der Waals surface area contributed by atoms with Gasteiger partial charge < -0.3 is 19.7 Å². The third-order valence-corrected chi connectivity index (χ3v) is 4.33. The first-order valence-electron chi connectivity index (χ1n) is 9.15. The maximum Gasteiger partial charge on any atom is 0.273 e. The molecule has 0 radical (unpaired) electrons. The van der Waals surface area contributed by atoms with Crippen molar-refractivity contribution in [1.29, 1.82) is 0 Å². The molecule has 0 spiro atoms. The van der Waals surface area contributed by atoms with Crippen LogP contribution in [-0.4, -0.2) is 38.3 Å². The highest BCUT2D eigenvalue weighted by Gasteiger charge is 2.15. The lowest BCUT2D eigenvalue weighted by Crippen LogP contribution is -2.33. The normalized spacial score (nSPS) is 10.6. The van der Waals surface area contributed by atoms with E-state index in [1.165, 1.54) is 6.07 Å². The van der Waals surface area contributed by atoms with Crippen molar-refractivity contribution < 1.29 is 14.1 Å². The smallest absolute Gasteiger partial charge is 0.273 e. The summed E-state index contributed by atoms with van der Waals surface area (Å²) in [4.78, 5) is 24.5. The Morgan fingerprint density at radius 2 is 1.83 bits per heavy atom. The second-order valence-corrected chi connectivity index (χ2v) is 6.52. The number of nitrogens with zero attached hydrogens (tertiary/aromatic N) is 4. The molecule has 0 bridgehead atoms. The van der Waals surface area contributed by atoms with Gasteiger partial charge in [0.25, 0.3) is 5.91 Å². The lowest BCUT2D eigenvalue weighted by atomic mass is 10.1. The fourth-order valence-corrected chi connectivity index (χ4v) is 2.86. The molecular weight excluding hydrogens is 384 g/mol. The van der Waals surface area contributed by atoms with Crippen molar-refractivity contribution in [2.45, 2.75) is 0 Å². The molecule has 30 heavy (non-hydrogen) atoms. The van der Waals surface area contributed by atoms with Crippen molar-refractivity contribution in [3.63, 3.8) is 0 Å². The number of rotatable bonds is 6. The number of benzene rings is 2. The van der Waals surface area contributed by atoms with E-state index in [0.717, 1.165) is 11.1 Å². The summed E-state index contributed by atoms with van der Waals surface area (Å²) in [6, 6.07) is 18.1. The molecule has 0 unspecified atom stereocenters. The lowest BCUT2D eigenvalue weighted by molar-refractivity contribution is -0.115. The van der Waals surface area contributed by atoms with Crippen LogP contribution >= 0.6 is 0 Å². The van der Waals surface area contributed by atoms with Gasteiger partial charge in [-0.2, -0.15) is 0 Å². The van der Waals surface area contributed by atoms with E-state index in [1.807, 2.05) is 43.4 Å². The van der Waals surface area contributed by atoms with Gasteiger partial charge in [-0.25, -0.2) is 0 Å². The van der Waals surface area contributed by atoms with Gasteiger partial charge >= 0.3 is 0 Å². The van der Waals surface area contributed by atoms with E-state index >= 15 is 0 Å². The van der Waals surface area contributed by atoms with Gasteiger partial charge in [-0.1, -0.05) is 47.6 Å². The van der Waals surface area contributed by atoms with Crippen molar-refractivity contribution in [1.82, 2.24) is 25.2 Å². The zero-order chi connectivity index (χ0) is 20.9. The van der Waals surface area contributed by atoms with E-state index in [2.05, 4.69) is 26.0 Å². The van der Waals surface area contributed by atoms with Crippen molar-refractivity contribution in [3.8, 4) is 22.7 Å². The van der Waals surface area contributed by atoms with Crippen molar-refractivity contribution in [3.05, 3.63) is 72.7 Å². The molecule has 4 rings (SSSR count). The second kappa shape index (κ2) is 8.39. The molecule has 2 N–H and O–H groups in total. The Balaban J connectivity index is 1.35. The summed E-state index contributed by atoms with van der Waals surface area (Å²) in [6.45, 7) is -0.208.